The molecule has 146 valence electrons. The van der Waals surface area contributed by atoms with Crippen molar-refractivity contribution in [1.82, 2.24) is 20.1 Å². The Morgan fingerprint density at radius 3 is 2.50 bits per heavy atom. The summed E-state index contributed by atoms with van der Waals surface area (Å²) in [7, 11) is 0. The fourth-order valence-electron chi connectivity index (χ4n) is 2.64. The molecule has 0 bridgehead atoms. The van der Waals surface area contributed by atoms with Gasteiger partial charge in [0.05, 0.1) is 5.75 Å². The smallest absolute Gasteiger partial charge is 0.230 e. The van der Waals surface area contributed by atoms with Crippen LogP contribution in [0, 0.1) is 11.7 Å². The lowest BCUT2D eigenvalue weighted by Crippen LogP contribution is -2.27. The van der Waals surface area contributed by atoms with Gasteiger partial charge in [-0.2, -0.15) is 0 Å². The predicted octanol–water partition coefficient (Wildman–Crippen LogP) is 4.33. The van der Waals surface area contributed by atoms with E-state index in [9.17, 15) is 9.18 Å². The molecule has 2 aromatic carbocycles. The van der Waals surface area contributed by atoms with Gasteiger partial charge in [0.25, 0.3) is 0 Å². The van der Waals surface area contributed by atoms with Crippen molar-refractivity contribution in [3.63, 3.8) is 0 Å². The van der Waals surface area contributed by atoms with E-state index in [0.717, 1.165) is 17.7 Å². The van der Waals surface area contributed by atoms with Crippen molar-refractivity contribution in [2.45, 2.75) is 25.4 Å². The monoisotopic (exact) mass is 398 g/mol. The summed E-state index contributed by atoms with van der Waals surface area (Å²) in [6, 6.07) is 15.8. The van der Waals surface area contributed by atoms with Crippen molar-refractivity contribution in [1.29, 1.82) is 0 Å². The topological polar surface area (TPSA) is 59.8 Å². The van der Waals surface area contributed by atoms with Gasteiger partial charge in [-0.05, 0) is 48.7 Å². The van der Waals surface area contributed by atoms with Crippen LogP contribution in [0.25, 0.3) is 17.1 Å². The molecule has 1 heterocycles. The number of rotatable bonds is 8. The zero-order chi connectivity index (χ0) is 19.9. The third-order valence-corrected chi connectivity index (χ3v) is 5.06. The van der Waals surface area contributed by atoms with Crippen molar-refractivity contribution < 1.29 is 9.18 Å². The highest BCUT2D eigenvalue weighted by molar-refractivity contribution is 7.99. The summed E-state index contributed by atoms with van der Waals surface area (Å²) < 4.78 is 15.2. The molecule has 3 rings (SSSR count). The number of carbonyl (C=O) groups excluding carboxylic acids is 1. The summed E-state index contributed by atoms with van der Waals surface area (Å²) in [5.41, 5.74) is 1.64. The van der Waals surface area contributed by atoms with Crippen molar-refractivity contribution in [3.05, 3.63) is 60.4 Å². The van der Waals surface area contributed by atoms with Gasteiger partial charge in [-0.25, -0.2) is 4.39 Å². The number of nitrogens with one attached hydrogen (secondary N) is 1. The number of thioether (sulfide) groups is 1. The number of amides is 1. The molecule has 0 saturated heterocycles. The minimum atomic E-state index is -0.304. The summed E-state index contributed by atoms with van der Waals surface area (Å²) in [6.07, 6.45) is 0.950. The van der Waals surface area contributed by atoms with Gasteiger partial charge in [0.15, 0.2) is 11.0 Å². The van der Waals surface area contributed by atoms with Crippen molar-refractivity contribution >= 4 is 17.7 Å². The Hall–Kier alpha value is -2.67. The maximum absolute atomic E-state index is 13.3. The maximum atomic E-state index is 13.3. The quantitative estimate of drug-likeness (QED) is 0.574. The molecule has 0 unspecified atom stereocenters. The van der Waals surface area contributed by atoms with Gasteiger partial charge in [0.2, 0.25) is 5.91 Å². The first kappa shape index (κ1) is 20.1. The van der Waals surface area contributed by atoms with E-state index in [1.54, 1.807) is 12.1 Å². The summed E-state index contributed by atoms with van der Waals surface area (Å²) in [5.74, 6) is 1.08. The highest BCUT2D eigenvalue weighted by Crippen LogP contribution is 2.28. The van der Waals surface area contributed by atoms with Crippen molar-refractivity contribution in [2.75, 3.05) is 12.3 Å². The van der Waals surface area contributed by atoms with Crippen LogP contribution in [0.1, 0.15) is 20.3 Å². The van der Waals surface area contributed by atoms with E-state index >= 15 is 0 Å². The molecule has 0 spiro atoms. The molecule has 1 N–H and O–H groups in total. The summed E-state index contributed by atoms with van der Waals surface area (Å²) in [4.78, 5) is 12.1. The molecule has 5 nitrogen and oxygen atoms in total. The minimum Gasteiger partial charge on any atom is -0.355 e. The van der Waals surface area contributed by atoms with Crippen LogP contribution in [0.15, 0.2) is 59.8 Å². The lowest BCUT2D eigenvalue weighted by molar-refractivity contribution is -0.118. The molecular formula is C21H23FN4OS. The average molecular weight is 399 g/mol. The van der Waals surface area contributed by atoms with Crippen molar-refractivity contribution in [3.8, 4) is 17.1 Å². The molecule has 7 heteroatoms. The third kappa shape index (κ3) is 5.19. The minimum absolute atomic E-state index is 0.0309. The van der Waals surface area contributed by atoms with Crippen LogP contribution in [-0.4, -0.2) is 33.0 Å². The van der Waals surface area contributed by atoms with Gasteiger partial charge in [0, 0.05) is 17.8 Å². The Bertz CT molecular complexity index is 910. The zero-order valence-electron chi connectivity index (χ0n) is 15.9. The summed E-state index contributed by atoms with van der Waals surface area (Å²) in [6.45, 7) is 4.92. The molecule has 0 fully saturated rings. The number of nitrogens with zero attached hydrogens (tertiary/aromatic N) is 3. The molecule has 0 atom stereocenters. The first-order valence-corrected chi connectivity index (χ1v) is 10.2. The first-order chi connectivity index (χ1) is 13.5. The Labute approximate surface area is 168 Å². The van der Waals surface area contributed by atoms with Crippen LogP contribution in [-0.2, 0) is 4.79 Å². The third-order valence-electron chi connectivity index (χ3n) is 4.13. The number of para-hydroxylation sites is 1. The van der Waals surface area contributed by atoms with Crippen LogP contribution in [0.5, 0.6) is 0 Å². The predicted molar refractivity (Wildman–Crippen MR) is 110 cm³/mol. The number of benzene rings is 2. The van der Waals surface area contributed by atoms with Crippen LogP contribution in [0.3, 0.4) is 0 Å². The number of aromatic nitrogens is 3. The Balaban J connectivity index is 1.81. The van der Waals surface area contributed by atoms with Crippen LogP contribution >= 0.6 is 11.8 Å². The average Bonchev–Trinajstić information content (AvgIpc) is 3.11. The molecule has 0 aliphatic carbocycles. The van der Waals surface area contributed by atoms with Gasteiger partial charge in [-0.3, -0.25) is 9.36 Å². The lowest BCUT2D eigenvalue weighted by atomic mass is 10.1. The molecule has 0 aliphatic rings. The molecule has 1 aromatic heterocycles. The largest absolute Gasteiger partial charge is 0.355 e. The van der Waals surface area contributed by atoms with Crippen molar-refractivity contribution in [2.24, 2.45) is 5.92 Å². The Morgan fingerprint density at radius 1 is 1.11 bits per heavy atom. The van der Waals surface area contributed by atoms with E-state index in [1.165, 1.54) is 23.9 Å². The molecule has 3 aromatic rings. The van der Waals surface area contributed by atoms with Crippen LogP contribution in [0.4, 0.5) is 4.39 Å². The fourth-order valence-corrected chi connectivity index (χ4v) is 3.42. The van der Waals surface area contributed by atoms with Gasteiger partial charge in [-0.1, -0.05) is 43.8 Å². The standard InChI is InChI=1S/C21H23FN4OS/c1-15(2)12-13-23-19(27)14-28-21-25-24-20(16-8-10-17(22)11-9-16)26(21)18-6-4-3-5-7-18/h3-11,15H,12-14H2,1-2H3,(H,23,27). The first-order valence-electron chi connectivity index (χ1n) is 9.21. The zero-order valence-corrected chi connectivity index (χ0v) is 16.7. The van der Waals surface area contributed by atoms with Gasteiger partial charge in [0.1, 0.15) is 5.82 Å². The normalized spacial score (nSPS) is 11.0. The summed E-state index contributed by atoms with van der Waals surface area (Å²) in [5, 5.41) is 12.1. The number of hydrogen-bond acceptors (Lipinski definition) is 4. The van der Waals surface area contributed by atoms with E-state index < -0.39 is 0 Å². The highest BCUT2D eigenvalue weighted by atomic mass is 32.2. The second kappa shape index (κ2) is 9.50. The molecule has 0 radical (unpaired) electrons. The van der Waals surface area contributed by atoms with E-state index in [1.807, 2.05) is 34.9 Å². The van der Waals surface area contributed by atoms with Crippen LogP contribution < -0.4 is 5.32 Å². The Morgan fingerprint density at radius 2 is 1.82 bits per heavy atom. The number of hydrogen-bond donors (Lipinski definition) is 1. The molecular weight excluding hydrogens is 375 g/mol. The lowest BCUT2D eigenvalue weighted by Gasteiger charge is -2.11. The number of carbonyl (C=O) groups is 1. The second-order valence-electron chi connectivity index (χ2n) is 6.81. The Kier molecular flexibility index (Phi) is 6.81. The fraction of sp³-hybridized carbons (Fsp3) is 0.286. The SMILES string of the molecule is CC(C)CCNC(=O)CSc1nnc(-c2ccc(F)cc2)n1-c1ccccc1. The highest BCUT2D eigenvalue weighted by Gasteiger charge is 2.17. The molecule has 1 amide bonds. The summed E-state index contributed by atoms with van der Waals surface area (Å²) >= 11 is 1.33. The maximum Gasteiger partial charge on any atom is 0.230 e. The number of halogens is 1. The van der Waals surface area contributed by atoms with E-state index in [-0.39, 0.29) is 17.5 Å². The van der Waals surface area contributed by atoms with E-state index in [4.69, 9.17) is 0 Å². The molecule has 0 aliphatic heterocycles. The van der Waals surface area contributed by atoms with E-state index in [0.29, 0.717) is 23.4 Å². The van der Waals surface area contributed by atoms with E-state index in [2.05, 4.69) is 29.4 Å². The second-order valence-corrected chi connectivity index (χ2v) is 7.75. The van der Waals surface area contributed by atoms with Gasteiger partial charge >= 0.3 is 0 Å². The molecule has 28 heavy (non-hydrogen) atoms. The van der Waals surface area contributed by atoms with Gasteiger partial charge < -0.3 is 5.32 Å². The van der Waals surface area contributed by atoms with Gasteiger partial charge in [-0.15, -0.1) is 10.2 Å². The molecule has 0 saturated carbocycles. The van der Waals surface area contributed by atoms with Crippen LogP contribution in [0.2, 0.25) is 0 Å².